The minimum atomic E-state index is -0.597. The molecule has 2 amide bonds. The Hall–Kier alpha value is -1.10. The largest absolute Gasteiger partial charge is 0.347 e. The summed E-state index contributed by atoms with van der Waals surface area (Å²) < 4.78 is 0. The van der Waals surface area contributed by atoms with Crippen LogP contribution in [0.4, 0.5) is 0 Å². The molecule has 0 spiro atoms. The topological polar surface area (TPSA) is 84.2 Å². The summed E-state index contributed by atoms with van der Waals surface area (Å²) in [6, 6.07) is 0. The number of carbonyl (C=O) groups excluding carboxylic acids is 2. The van der Waals surface area contributed by atoms with Crippen LogP contribution in [-0.2, 0) is 9.59 Å². The Labute approximate surface area is 83.4 Å². The fourth-order valence-electron chi connectivity index (χ4n) is 1.03. The second-order valence-corrected chi connectivity index (χ2v) is 4.04. The van der Waals surface area contributed by atoms with Gasteiger partial charge in [-0.25, -0.2) is 0 Å². The predicted molar refractivity (Wildman–Crippen MR) is 52.4 cm³/mol. The quantitative estimate of drug-likeness (QED) is 0.507. The highest BCUT2D eigenvalue weighted by Gasteiger charge is 2.37. The van der Waals surface area contributed by atoms with Crippen molar-refractivity contribution in [3.05, 3.63) is 0 Å². The molecule has 1 aliphatic rings. The van der Waals surface area contributed by atoms with E-state index in [1.54, 1.807) is 0 Å². The lowest BCUT2D eigenvalue weighted by molar-refractivity contribution is -0.139. The lowest BCUT2D eigenvalue weighted by Gasteiger charge is -2.09. The Bertz CT molecular complexity index is 236. The molecule has 0 radical (unpaired) electrons. The van der Waals surface area contributed by atoms with E-state index in [9.17, 15) is 9.59 Å². The molecule has 0 saturated heterocycles. The molecule has 0 aromatic carbocycles. The molecule has 0 heterocycles. The molecular formula is C9H17N3O2. The summed E-state index contributed by atoms with van der Waals surface area (Å²) in [5.41, 5.74) is 5.41. The van der Waals surface area contributed by atoms with Crippen LogP contribution in [0.3, 0.4) is 0 Å². The van der Waals surface area contributed by atoms with Crippen LogP contribution in [0.15, 0.2) is 0 Å². The SMILES string of the molecule is CC1(CNC(=O)C(=O)NCCN)CC1. The standard InChI is InChI=1S/C9H17N3O2/c1-9(2-3-9)6-12-8(14)7(13)11-5-4-10/h2-6,10H2,1H3,(H,11,13)(H,12,14). The number of rotatable bonds is 4. The summed E-state index contributed by atoms with van der Waals surface area (Å²) in [6.07, 6.45) is 2.25. The molecule has 5 heteroatoms. The van der Waals surface area contributed by atoms with Gasteiger partial charge in [0.2, 0.25) is 0 Å². The van der Waals surface area contributed by atoms with Crippen LogP contribution in [0.2, 0.25) is 0 Å². The van der Waals surface area contributed by atoms with Crippen molar-refractivity contribution in [2.45, 2.75) is 19.8 Å². The van der Waals surface area contributed by atoms with Crippen molar-refractivity contribution in [2.24, 2.45) is 11.1 Å². The molecule has 0 aromatic rings. The zero-order valence-corrected chi connectivity index (χ0v) is 8.43. The Morgan fingerprint density at radius 2 is 1.86 bits per heavy atom. The fourth-order valence-corrected chi connectivity index (χ4v) is 1.03. The van der Waals surface area contributed by atoms with E-state index < -0.39 is 11.8 Å². The third kappa shape index (κ3) is 3.33. The Kier molecular flexibility index (Phi) is 3.46. The van der Waals surface area contributed by atoms with Gasteiger partial charge in [0, 0.05) is 19.6 Å². The Morgan fingerprint density at radius 3 is 2.36 bits per heavy atom. The zero-order chi connectivity index (χ0) is 10.6. The van der Waals surface area contributed by atoms with Crippen LogP contribution in [0.1, 0.15) is 19.8 Å². The summed E-state index contributed by atoms with van der Waals surface area (Å²) in [7, 11) is 0. The molecule has 0 unspecified atom stereocenters. The first kappa shape index (κ1) is 11.0. The smallest absolute Gasteiger partial charge is 0.309 e. The van der Waals surface area contributed by atoms with E-state index in [2.05, 4.69) is 17.6 Å². The van der Waals surface area contributed by atoms with Crippen molar-refractivity contribution >= 4 is 11.8 Å². The summed E-state index contributed by atoms with van der Waals surface area (Å²) in [6.45, 7) is 3.35. The highest BCUT2D eigenvalue weighted by molar-refractivity contribution is 6.35. The lowest BCUT2D eigenvalue weighted by atomic mass is 10.1. The summed E-state index contributed by atoms with van der Waals surface area (Å²) in [4.78, 5) is 22.2. The molecule has 1 fully saturated rings. The van der Waals surface area contributed by atoms with E-state index in [1.165, 1.54) is 0 Å². The highest BCUT2D eigenvalue weighted by Crippen LogP contribution is 2.43. The minimum Gasteiger partial charge on any atom is -0.347 e. The van der Waals surface area contributed by atoms with Gasteiger partial charge in [0.05, 0.1) is 0 Å². The number of carbonyl (C=O) groups is 2. The Balaban J connectivity index is 2.17. The molecule has 80 valence electrons. The van der Waals surface area contributed by atoms with E-state index in [-0.39, 0.29) is 5.41 Å². The van der Waals surface area contributed by atoms with Gasteiger partial charge in [0.15, 0.2) is 0 Å². The van der Waals surface area contributed by atoms with Gasteiger partial charge in [-0.05, 0) is 18.3 Å². The van der Waals surface area contributed by atoms with Crippen LogP contribution >= 0.6 is 0 Å². The van der Waals surface area contributed by atoms with E-state index in [0.29, 0.717) is 19.6 Å². The maximum atomic E-state index is 11.2. The molecule has 0 aliphatic heterocycles. The molecule has 14 heavy (non-hydrogen) atoms. The van der Waals surface area contributed by atoms with Crippen molar-refractivity contribution in [1.29, 1.82) is 0 Å². The van der Waals surface area contributed by atoms with Crippen LogP contribution in [0.5, 0.6) is 0 Å². The van der Waals surface area contributed by atoms with Crippen LogP contribution in [0, 0.1) is 5.41 Å². The highest BCUT2D eigenvalue weighted by atomic mass is 16.2. The molecule has 1 rings (SSSR count). The zero-order valence-electron chi connectivity index (χ0n) is 8.43. The average molecular weight is 199 g/mol. The number of nitrogens with two attached hydrogens (primary N) is 1. The molecule has 5 nitrogen and oxygen atoms in total. The van der Waals surface area contributed by atoms with Crippen molar-refractivity contribution in [3.8, 4) is 0 Å². The van der Waals surface area contributed by atoms with Gasteiger partial charge in [-0.15, -0.1) is 0 Å². The normalized spacial score (nSPS) is 17.3. The second-order valence-electron chi connectivity index (χ2n) is 4.04. The molecule has 0 atom stereocenters. The average Bonchev–Trinajstić information content (AvgIpc) is 2.90. The maximum Gasteiger partial charge on any atom is 0.309 e. The summed E-state index contributed by atoms with van der Waals surface area (Å²) in [5, 5.41) is 5.01. The molecular weight excluding hydrogens is 182 g/mol. The van der Waals surface area contributed by atoms with Crippen LogP contribution in [-0.4, -0.2) is 31.4 Å². The van der Waals surface area contributed by atoms with Gasteiger partial charge in [0.25, 0.3) is 0 Å². The van der Waals surface area contributed by atoms with E-state index in [0.717, 1.165) is 12.8 Å². The van der Waals surface area contributed by atoms with Crippen molar-refractivity contribution in [2.75, 3.05) is 19.6 Å². The van der Waals surface area contributed by atoms with Gasteiger partial charge in [0.1, 0.15) is 0 Å². The number of nitrogens with one attached hydrogen (secondary N) is 2. The van der Waals surface area contributed by atoms with E-state index >= 15 is 0 Å². The van der Waals surface area contributed by atoms with Gasteiger partial charge in [-0.2, -0.15) is 0 Å². The van der Waals surface area contributed by atoms with Crippen LogP contribution < -0.4 is 16.4 Å². The summed E-state index contributed by atoms with van der Waals surface area (Å²) in [5.74, 6) is -1.16. The van der Waals surface area contributed by atoms with Gasteiger partial charge in [-0.1, -0.05) is 6.92 Å². The fraction of sp³-hybridized carbons (Fsp3) is 0.778. The number of hydrogen-bond acceptors (Lipinski definition) is 3. The predicted octanol–water partition coefficient (Wildman–Crippen LogP) is -1.02. The second kappa shape index (κ2) is 4.41. The molecule has 1 aliphatic carbocycles. The van der Waals surface area contributed by atoms with Gasteiger partial charge in [-0.3, -0.25) is 9.59 Å². The van der Waals surface area contributed by atoms with Crippen molar-refractivity contribution in [3.63, 3.8) is 0 Å². The lowest BCUT2D eigenvalue weighted by Crippen LogP contribution is -2.43. The minimum absolute atomic E-state index is 0.226. The molecule has 1 saturated carbocycles. The maximum absolute atomic E-state index is 11.2. The molecule has 0 aromatic heterocycles. The Morgan fingerprint density at radius 1 is 1.29 bits per heavy atom. The van der Waals surface area contributed by atoms with E-state index in [1.807, 2.05) is 0 Å². The monoisotopic (exact) mass is 199 g/mol. The third-order valence-corrected chi connectivity index (χ3v) is 2.42. The number of hydrogen-bond donors (Lipinski definition) is 3. The summed E-state index contributed by atoms with van der Waals surface area (Å²) >= 11 is 0. The first-order valence-electron chi connectivity index (χ1n) is 4.83. The molecule has 4 N–H and O–H groups in total. The molecule has 0 bridgehead atoms. The van der Waals surface area contributed by atoms with Gasteiger partial charge >= 0.3 is 11.8 Å². The number of amides is 2. The first-order chi connectivity index (χ1) is 6.57. The van der Waals surface area contributed by atoms with Crippen molar-refractivity contribution < 1.29 is 9.59 Å². The van der Waals surface area contributed by atoms with Crippen LogP contribution in [0.25, 0.3) is 0 Å². The van der Waals surface area contributed by atoms with E-state index in [4.69, 9.17) is 5.73 Å². The third-order valence-electron chi connectivity index (χ3n) is 2.42. The first-order valence-corrected chi connectivity index (χ1v) is 4.83. The van der Waals surface area contributed by atoms with Gasteiger partial charge < -0.3 is 16.4 Å². The van der Waals surface area contributed by atoms with Crippen molar-refractivity contribution in [1.82, 2.24) is 10.6 Å².